The Hall–Kier alpha value is -5.12. The molecule has 0 spiro atoms. The molecule has 0 saturated carbocycles. The standard InChI is InChI=1S/C31H30FN5O4/c1-17-6-12-24(18(2)14-17)36-31(39)27-19(3)34-29-23(30(38)35-22-10-8-21(32)9-11-22)16-33-37(29)28(27)20-7-13-25(40-4)26(15-20)41-5/h6-16,28,34H,1-5H3,(H,35,38)(H,36,39)/t28-/m0/s1. The van der Waals surface area contributed by atoms with Crippen LogP contribution in [0.3, 0.4) is 0 Å². The van der Waals surface area contributed by atoms with Gasteiger partial charge in [0, 0.05) is 17.1 Å². The van der Waals surface area contributed by atoms with Crippen molar-refractivity contribution in [2.75, 3.05) is 30.2 Å². The maximum atomic E-state index is 13.9. The van der Waals surface area contributed by atoms with Crippen LogP contribution in [0.2, 0.25) is 0 Å². The molecule has 1 atom stereocenters. The first kappa shape index (κ1) is 27.4. The van der Waals surface area contributed by atoms with Gasteiger partial charge in [-0.15, -0.1) is 0 Å². The summed E-state index contributed by atoms with van der Waals surface area (Å²) in [4.78, 5) is 27.1. The number of fused-ring (bicyclic) bond motifs is 1. The van der Waals surface area contributed by atoms with E-state index in [4.69, 9.17) is 9.47 Å². The Kier molecular flexibility index (Phi) is 7.47. The summed E-state index contributed by atoms with van der Waals surface area (Å²) in [7, 11) is 3.09. The molecule has 1 aliphatic heterocycles. The van der Waals surface area contributed by atoms with Gasteiger partial charge in [-0.25, -0.2) is 9.07 Å². The van der Waals surface area contributed by atoms with Crippen LogP contribution in [0.1, 0.15) is 40.0 Å². The van der Waals surface area contributed by atoms with E-state index in [2.05, 4.69) is 21.0 Å². The first-order chi connectivity index (χ1) is 19.7. The smallest absolute Gasteiger partial charge is 0.261 e. The van der Waals surface area contributed by atoms with Crippen LogP contribution < -0.4 is 25.4 Å². The van der Waals surface area contributed by atoms with E-state index in [1.807, 2.05) is 38.1 Å². The molecular formula is C31H30FN5O4. The number of carbonyl (C=O) groups is 2. The van der Waals surface area contributed by atoms with Crippen molar-refractivity contribution in [3.8, 4) is 11.5 Å². The third-order valence-corrected chi connectivity index (χ3v) is 6.97. The molecule has 0 bridgehead atoms. The van der Waals surface area contributed by atoms with Crippen LogP contribution in [0, 0.1) is 19.7 Å². The summed E-state index contributed by atoms with van der Waals surface area (Å²) < 4.78 is 25.9. The second-order valence-electron chi connectivity index (χ2n) is 9.77. The van der Waals surface area contributed by atoms with Crippen molar-refractivity contribution < 1.29 is 23.5 Å². The maximum absolute atomic E-state index is 13.9. The number of nitrogens with one attached hydrogen (secondary N) is 3. The van der Waals surface area contributed by atoms with Crippen LogP contribution in [0.15, 0.2) is 78.1 Å². The molecular weight excluding hydrogens is 525 g/mol. The molecule has 2 amide bonds. The van der Waals surface area contributed by atoms with Crippen molar-refractivity contribution in [1.82, 2.24) is 9.78 Å². The fourth-order valence-corrected chi connectivity index (χ4v) is 4.92. The predicted molar refractivity (Wildman–Crippen MR) is 155 cm³/mol. The van der Waals surface area contributed by atoms with Gasteiger partial charge in [0.25, 0.3) is 11.8 Å². The van der Waals surface area contributed by atoms with Gasteiger partial charge in [0.15, 0.2) is 11.5 Å². The summed E-state index contributed by atoms with van der Waals surface area (Å²) in [6.07, 6.45) is 1.44. The van der Waals surface area contributed by atoms with Crippen molar-refractivity contribution in [3.63, 3.8) is 0 Å². The number of benzene rings is 3. The van der Waals surface area contributed by atoms with Gasteiger partial charge in [-0.3, -0.25) is 9.59 Å². The fourth-order valence-electron chi connectivity index (χ4n) is 4.92. The topological polar surface area (TPSA) is 107 Å². The molecule has 9 nitrogen and oxygen atoms in total. The van der Waals surface area contributed by atoms with Crippen LogP contribution in [0.5, 0.6) is 11.5 Å². The molecule has 210 valence electrons. The number of aryl methyl sites for hydroxylation is 2. The Morgan fingerprint density at radius 1 is 0.902 bits per heavy atom. The lowest BCUT2D eigenvalue weighted by Crippen LogP contribution is -2.32. The quantitative estimate of drug-likeness (QED) is 0.265. The van der Waals surface area contributed by atoms with Gasteiger partial charge in [0.2, 0.25) is 0 Å². The first-order valence-electron chi connectivity index (χ1n) is 12.9. The zero-order valence-corrected chi connectivity index (χ0v) is 23.3. The van der Waals surface area contributed by atoms with Crippen molar-refractivity contribution in [2.24, 2.45) is 0 Å². The molecule has 10 heteroatoms. The summed E-state index contributed by atoms with van der Waals surface area (Å²) in [5, 5.41) is 13.6. The Morgan fingerprint density at radius 3 is 2.32 bits per heavy atom. The molecule has 0 aliphatic carbocycles. The minimum atomic E-state index is -0.704. The van der Waals surface area contributed by atoms with E-state index in [9.17, 15) is 14.0 Å². The van der Waals surface area contributed by atoms with Crippen LogP contribution >= 0.6 is 0 Å². The van der Waals surface area contributed by atoms with Gasteiger partial charge in [0.05, 0.1) is 26.0 Å². The van der Waals surface area contributed by atoms with E-state index in [0.717, 1.165) is 11.1 Å². The highest BCUT2D eigenvalue weighted by Gasteiger charge is 2.36. The predicted octanol–water partition coefficient (Wildman–Crippen LogP) is 5.84. The number of hydrogen-bond donors (Lipinski definition) is 3. The molecule has 41 heavy (non-hydrogen) atoms. The largest absolute Gasteiger partial charge is 0.493 e. The molecule has 0 unspecified atom stereocenters. The number of nitrogens with zero attached hydrogens (tertiary/aromatic N) is 2. The number of aromatic nitrogens is 2. The van der Waals surface area contributed by atoms with Crippen LogP contribution in [0.25, 0.3) is 0 Å². The maximum Gasteiger partial charge on any atom is 0.261 e. The molecule has 0 fully saturated rings. The van der Waals surface area contributed by atoms with Crippen LogP contribution in [-0.4, -0.2) is 35.8 Å². The molecule has 0 radical (unpaired) electrons. The Labute approximate surface area is 237 Å². The average molecular weight is 556 g/mol. The first-order valence-corrected chi connectivity index (χ1v) is 12.9. The van der Waals surface area contributed by atoms with Gasteiger partial charge in [-0.2, -0.15) is 5.10 Å². The van der Waals surface area contributed by atoms with Gasteiger partial charge in [0.1, 0.15) is 23.2 Å². The molecule has 2 heterocycles. The van der Waals surface area contributed by atoms with E-state index in [-0.39, 0.29) is 11.5 Å². The van der Waals surface area contributed by atoms with Crippen molar-refractivity contribution in [1.29, 1.82) is 0 Å². The van der Waals surface area contributed by atoms with E-state index < -0.39 is 17.8 Å². The number of carbonyl (C=O) groups excluding carboxylic acids is 2. The van der Waals surface area contributed by atoms with Gasteiger partial charge in [-0.1, -0.05) is 23.8 Å². The van der Waals surface area contributed by atoms with E-state index in [1.54, 1.807) is 30.8 Å². The SMILES string of the molecule is COc1ccc([C@H]2C(C(=O)Nc3ccc(C)cc3C)=C(C)Nc3c(C(=O)Nc4ccc(F)cc4)cnn32)cc1OC. The van der Waals surface area contributed by atoms with E-state index >= 15 is 0 Å². The summed E-state index contributed by atoms with van der Waals surface area (Å²) in [5.41, 5.74) is 5.07. The molecule has 5 rings (SSSR count). The highest BCUT2D eigenvalue weighted by molar-refractivity contribution is 6.09. The van der Waals surface area contributed by atoms with Gasteiger partial charge < -0.3 is 25.4 Å². The lowest BCUT2D eigenvalue weighted by molar-refractivity contribution is -0.113. The number of allylic oxidation sites excluding steroid dienone is 1. The van der Waals surface area contributed by atoms with Crippen molar-refractivity contribution in [2.45, 2.75) is 26.8 Å². The fraction of sp³-hybridized carbons (Fsp3) is 0.194. The average Bonchev–Trinajstić information content (AvgIpc) is 3.38. The molecule has 1 aromatic heterocycles. The Morgan fingerprint density at radius 2 is 1.63 bits per heavy atom. The Bertz CT molecular complexity index is 1680. The summed E-state index contributed by atoms with van der Waals surface area (Å²) in [5.74, 6) is 0.265. The number of hydrogen-bond acceptors (Lipinski definition) is 6. The summed E-state index contributed by atoms with van der Waals surface area (Å²) in [6.45, 7) is 5.71. The molecule has 1 aliphatic rings. The highest BCUT2D eigenvalue weighted by atomic mass is 19.1. The lowest BCUT2D eigenvalue weighted by atomic mass is 9.94. The zero-order valence-electron chi connectivity index (χ0n) is 23.3. The lowest BCUT2D eigenvalue weighted by Gasteiger charge is -2.30. The number of anilines is 3. The number of rotatable bonds is 7. The highest BCUT2D eigenvalue weighted by Crippen LogP contribution is 2.40. The third-order valence-electron chi connectivity index (χ3n) is 6.97. The van der Waals surface area contributed by atoms with Gasteiger partial charge >= 0.3 is 0 Å². The minimum absolute atomic E-state index is 0.257. The second kappa shape index (κ2) is 11.2. The third kappa shape index (κ3) is 5.36. The van der Waals surface area contributed by atoms with Crippen LogP contribution in [0.4, 0.5) is 21.6 Å². The van der Waals surface area contributed by atoms with Crippen molar-refractivity contribution in [3.05, 3.63) is 106 Å². The van der Waals surface area contributed by atoms with E-state index in [0.29, 0.717) is 45.5 Å². The number of methoxy groups -OCH3 is 2. The minimum Gasteiger partial charge on any atom is -0.493 e. The number of amides is 2. The van der Waals surface area contributed by atoms with Crippen molar-refractivity contribution >= 4 is 29.0 Å². The monoisotopic (exact) mass is 555 g/mol. The Balaban J connectivity index is 1.58. The normalized spacial score (nSPS) is 14.1. The molecule has 3 N–H and O–H groups in total. The van der Waals surface area contributed by atoms with Crippen LogP contribution in [-0.2, 0) is 4.79 Å². The summed E-state index contributed by atoms with van der Waals surface area (Å²) >= 11 is 0. The zero-order chi connectivity index (χ0) is 29.3. The number of ether oxygens (including phenoxy) is 2. The molecule has 3 aromatic carbocycles. The molecule has 4 aromatic rings. The molecule has 0 saturated heterocycles. The second-order valence-corrected chi connectivity index (χ2v) is 9.77. The van der Waals surface area contributed by atoms with Gasteiger partial charge in [-0.05, 0) is 74.4 Å². The van der Waals surface area contributed by atoms with E-state index in [1.165, 1.54) is 37.6 Å². The summed E-state index contributed by atoms with van der Waals surface area (Å²) in [6, 6.07) is 16.0. The number of halogens is 1.